The van der Waals surface area contributed by atoms with Crippen molar-refractivity contribution in [2.45, 2.75) is 91.1 Å². The van der Waals surface area contributed by atoms with E-state index in [1.807, 2.05) is 27.7 Å². The third kappa shape index (κ3) is 6.52. The molecule has 2 heterocycles. The van der Waals surface area contributed by atoms with Crippen LogP contribution >= 0.6 is 0 Å². The van der Waals surface area contributed by atoms with Gasteiger partial charge in [-0.1, -0.05) is 27.7 Å². The Morgan fingerprint density at radius 1 is 0.925 bits per heavy atom. The van der Waals surface area contributed by atoms with Gasteiger partial charge in [0.05, 0.1) is 11.7 Å². The third-order valence-corrected chi connectivity index (χ3v) is 11.4. The van der Waals surface area contributed by atoms with Crippen molar-refractivity contribution < 1.29 is 34.0 Å². The Hall–Kier alpha value is -4.94. The second-order valence-electron chi connectivity index (χ2n) is 15.9. The molecule has 4 aliphatic rings. The summed E-state index contributed by atoms with van der Waals surface area (Å²) in [6.45, 7) is 15.2. The molecular formula is C41H49N5O7. The summed E-state index contributed by atoms with van der Waals surface area (Å²) in [4.78, 5) is 26.2. The van der Waals surface area contributed by atoms with Gasteiger partial charge in [0.1, 0.15) is 28.6 Å². The van der Waals surface area contributed by atoms with Gasteiger partial charge in [-0.05, 0) is 123 Å². The smallest absolute Gasteiger partial charge is 0.289 e. The van der Waals surface area contributed by atoms with Crippen molar-refractivity contribution in [3.05, 3.63) is 77.6 Å². The monoisotopic (exact) mass is 723 g/mol. The number of carbonyl (C=O) groups is 2. The highest BCUT2D eigenvalue weighted by atomic mass is 16.8. The fraction of sp³-hybridized carbons (Fsp3) is 0.463. The highest BCUT2D eigenvalue weighted by Crippen LogP contribution is 2.67. The van der Waals surface area contributed by atoms with E-state index in [1.165, 1.54) is 6.07 Å². The first-order chi connectivity index (χ1) is 25.1. The minimum atomic E-state index is -0.637. The number of nitrogens with zero attached hydrogens (tertiary/aromatic N) is 3. The van der Waals surface area contributed by atoms with Crippen molar-refractivity contribution in [1.82, 2.24) is 25.4 Å². The summed E-state index contributed by atoms with van der Waals surface area (Å²) in [6, 6.07) is 16.9. The number of phenols is 2. The Morgan fingerprint density at radius 2 is 1.60 bits per heavy atom. The Kier molecular flexibility index (Phi) is 9.26. The lowest BCUT2D eigenvalue weighted by Gasteiger charge is -2.65. The van der Waals surface area contributed by atoms with Gasteiger partial charge in [-0.15, -0.1) is 10.2 Å². The second kappa shape index (κ2) is 13.5. The molecule has 1 aromatic heterocycles. The molecule has 280 valence electrons. The van der Waals surface area contributed by atoms with Gasteiger partial charge in [-0.3, -0.25) is 14.2 Å². The average molecular weight is 724 g/mol. The first-order valence-electron chi connectivity index (χ1n) is 18.5. The number of amides is 2. The van der Waals surface area contributed by atoms with Gasteiger partial charge < -0.3 is 35.1 Å². The molecule has 3 saturated carbocycles. The van der Waals surface area contributed by atoms with Crippen LogP contribution in [0.5, 0.6) is 23.0 Å². The molecule has 3 aliphatic carbocycles. The lowest BCUT2D eigenvalue weighted by Crippen LogP contribution is -2.67. The zero-order chi connectivity index (χ0) is 37.9. The summed E-state index contributed by atoms with van der Waals surface area (Å²) in [7, 11) is 0. The predicted molar refractivity (Wildman–Crippen MR) is 198 cm³/mol. The van der Waals surface area contributed by atoms with Crippen LogP contribution in [0.1, 0.15) is 100 Å². The SMILES string of the molecule is CCNC(=O)c1nnc(-c2cc(C(C)C)c(O)cc2O)n1-c1ccc(Oc2ccc(C(=O)NCC[C@]34OC(C)(C)O[C@H]3C[C@@H]3C[C@H]4C3(C)C)cc2)cc1. The predicted octanol–water partition coefficient (Wildman–Crippen LogP) is 7.09. The largest absolute Gasteiger partial charge is 0.508 e. The minimum absolute atomic E-state index is 0.0296. The van der Waals surface area contributed by atoms with Gasteiger partial charge in [0.15, 0.2) is 11.6 Å². The highest BCUT2D eigenvalue weighted by Gasteiger charge is 2.70. The zero-order valence-electron chi connectivity index (χ0n) is 31.4. The molecule has 1 saturated heterocycles. The van der Waals surface area contributed by atoms with Gasteiger partial charge >= 0.3 is 0 Å². The van der Waals surface area contributed by atoms with E-state index in [1.54, 1.807) is 66.1 Å². The molecule has 0 unspecified atom stereocenters. The summed E-state index contributed by atoms with van der Waals surface area (Å²) in [5.41, 5.74) is 1.82. The van der Waals surface area contributed by atoms with Crippen LogP contribution in [0.3, 0.4) is 0 Å². The number of carbonyl (C=O) groups excluding carboxylic acids is 2. The number of phenolic OH excluding ortho intramolecular Hbond substituents is 2. The number of benzene rings is 3. The van der Waals surface area contributed by atoms with Crippen LogP contribution in [0.4, 0.5) is 0 Å². The maximum absolute atomic E-state index is 13.2. The molecule has 4 N–H and O–H groups in total. The fourth-order valence-electron chi connectivity index (χ4n) is 8.70. The first kappa shape index (κ1) is 36.4. The number of rotatable bonds is 11. The topological polar surface area (TPSA) is 157 Å². The normalized spacial score (nSPS) is 23.6. The molecule has 12 nitrogen and oxygen atoms in total. The summed E-state index contributed by atoms with van der Waals surface area (Å²) >= 11 is 0. The zero-order valence-corrected chi connectivity index (χ0v) is 31.4. The molecule has 0 spiro atoms. The molecule has 3 aromatic carbocycles. The van der Waals surface area contributed by atoms with Gasteiger partial charge in [0, 0.05) is 30.4 Å². The van der Waals surface area contributed by atoms with E-state index in [0.717, 1.165) is 12.8 Å². The van der Waals surface area contributed by atoms with E-state index < -0.39 is 17.3 Å². The number of ether oxygens (including phenoxy) is 3. The minimum Gasteiger partial charge on any atom is -0.508 e. The maximum atomic E-state index is 13.2. The number of hydrogen-bond acceptors (Lipinski definition) is 9. The van der Waals surface area contributed by atoms with E-state index in [2.05, 4.69) is 34.7 Å². The summed E-state index contributed by atoms with van der Waals surface area (Å²) in [6.07, 6.45) is 2.88. The molecule has 4 aromatic rings. The lowest BCUT2D eigenvalue weighted by atomic mass is 9.43. The van der Waals surface area contributed by atoms with Crippen molar-refractivity contribution in [1.29, 1.82) is 0 Å². The van der Waals surface area contributed by atoms with E-state index in [0.29, 0.717) is 65.2 Å². The van der Waals surface area contributed by atoms with E-state index in [-0.39, 0.29) is 46.5 Å². The molecule has 12 heteroatoms. The lowest BCUT2D eigenvalue weighted by molar-refractivity contribution is -0.231. The van der Waals surface area contributed by atoms with E-state index >= 15 is 0 Å². The van der Waals surface area contributed by atoms with Crippen LogP contribution in [-0.2, 0) is 9.47 Å². The average Bonchev–Trinajstić information content (AvgIpc) is 3.66. The van der Waals surface area contributed by atoms with Crippen LogP contribution in [0.15, 0.2) is 60.7 Å². The maximum Gasteiger partial charge on any atom is 0.289 e. The van der Waals surface area contributed by atoms with E-state index in [4.69, 9.17) is 14.2 Å². The number of nitrogens with one attached hydrogen (secondary N) is 2. The number of aromatic hydroxyl groups is 2. The fourth-order valence-corrected chi connectivity index (χ4v) is 8.70. The standard InChI is InChI=1S/C41H49N5O7/c1-8-42-38(50)36-45-44-35(30-21-29(23(2)3)31(47)22-32(30)48)46(36)26-11-15-28(16-12-26)51-27-13-9-24(10-14-27)37(49)43-18-17-41-33-19-25(39(33,4)5)20-34(41)52-40(6,7)53-41/h9-16,21-23,25,33-34,47-48H,8,17-20H2,1-7H3,(H,42,50)(H,43,49)/t25-,33-,34-,41+/m0/s1. The van der Waals surface area contributed by atoms with Crippen molar-refractivity contribution >= 4 is 11.8 Å². The van der Waals surface area contributed by atoms with Crippen molar-refractivity contribution in [3.8, 4) is 40.1 Å². The summed E-state index contributed by atoms with van der Waals surface area (Å²) in [5, 5.41) is 35.5. The molecule has 4 fully saturated rings. The molecule has 53 heavy (non-hydrogen) atoms. The first-order valence-corrected chi connectivity index (χ1v) is 18.5. The molecule has 2 bridgehead atoms. The van der Waals surface area contributed by atoms with Gasteiger partial charge in [0.2, 0.25) is 5.82 Å². The van der Waals surface area contributed by atoms with Crippen LogP contribution < -0.4 is 15.4 Å². The van der Waals surface area contributed by atoms with Gasteiger partial charge in [-0.25, -0.2) is 0 Å². The second-order valence-corrected chi connectivity index (χ2v) is 15.9. The number of aromatic nitrogens is 3. The summed E-state index contributed by atoms with van der Waals surface area (Å²) in [5.74, 6) is 0.901. The Labute approximate surface area is 309 Å². The van der Waals surface area contributed by atoms with Crippen LogP contribution in [-0.4, -0.2) is 67.4 Å². The van der Waals surface area contributed by atoms with Crippen LogP contribution in [0, 0.1) is 17.3 Å². The van der Waals surface area contributed by atoms with Gasteiger partial charge in [-0.2, -0.15) is 0 Å². The third-order valence-electron chi connectivity index (χ3n) is 11.4. The Bertz CT molecular complexity index is 2020. The van der Waals surface area contributed by atoms with Crippen LogP contribution in [0.2, 0.25) is 0 Å². The van der Waals surface area contributed by atoms with Crippen molar-refractivity contribution in [2.24, 2.45) is 17.3 Å². The molecule has 4 atom stereocenters. The molecule has 8 rings (SSSR count). The molecule has 1 aliphatic heterocycles. The van der Waals surface area contributed by atoms with E-state index in [9.17, 15) is 19.8 Å². The van der Waals surface area contributed by atoms with Crippen LogP contribution in [0.25, 0.3) is 17.1 Å². The number of hydrogen-bond donors (Lipinski definition) is 4. The Balaban J connectivity index is 1.04. The quantitative estimate of drug-likeness (QED) is 0.127. The molecule has 0 radical (unpaired) electrons. The van der Waals surface area contributed by atoms with Crippen molar-refractivity contribution in [2.75, 3.05) is 13.1 Å². The highest BCUT2D eigenvalue weighted by molar-refractivity contribution is 5.94. The molecular weight excluding hydrogens is 674 g/mol. The van der Waals surface area contributed by atoms with Crippen molar-refractivity contribution in [3.63, 3.8) is 0 Å². The summed E-state index contributed by atoms with van der Waals surface area (Å²) < 4.78 is 20.7. The molecule has 2 amide bonds. The Morgan fingerprint density at radius 3 is 2.25 bits per heavy atom. The van der Waals surface area contributed by atoms with Gasteiger partial charge in [0.25, 0.3) is 11.8 Å².